The standard InChI is InChI=1S/C22H22ClN3O6/c1-13(11-25-22(28)29-3)30-21(27)14(2)31-16-5-7-17(8-6-16)32-20-12-24-19-10-15(23)4-9-18(19)26-20/h4-10,12-14H,11H2,1-3H3,(H,25,28). The van der Waals surface area contributed by atoms with E-state index < -0.39 is 24.3 Å². The second-order valence-electron chi connectivity index (χ2n) is 6.79. The van der Waals surface area contributed by atoms with Gasteiger partial charge in [-0.1, -0.05) is 11.6 Å². The van der Waals surface area contributed by atoms with Gasteiger partial charge in [0.25, 0.3) is 0 Å². The number of amides is 1. The second-order valence-corrected chi connectivity index (χ2v) is 7.23. The third-order valence-electron chi connectivity index (χ3n) is 4.21. The molecule has 10 heteroatoms. The molecule has 1 N–H and O–H groups in total. The Morgan fingerprint density at radius 1 is 1.06 bits per heavy atom. The van der Waals surface area contributed by atoms with Gasteiger partial charge >= 0.3 is 12.1 Å². The molecular weight excluding hydrogens is 438 g/mol. The van der Waals surface area contributed by atoms with Crippen molar-refractivity contribution in [1.29, 1.82) is 0 Å². The first-order valence-electron chi connectivity index (χ1n) is 9.73. The number of rotatable bonds is 8. The fraction of sp³-hybridized carbons (Fsp3) is 0.273. The fourth-order valence-corrected chi connectivity index (χ4v) is 2.78. The summed E-state index contributed by atoms with van der Waals surface area (Å²) in [5.74, 6) is 0.759. The molecule has 0 aliphatic rings. The van der Waals surface area contributed by atoms with Gasteiger partial charge in [0.15, 0.2) is 6.10 Å². The number of nitrogens with zero attached hydrogens (tertiary/aromatic N) is 2. The molecule has 0 fully saturated rings. The summed E-state index contributed by atoms with van der Waals surface area (Å²) in [5.41, 5.74) is 1.33. The van der Waals surface area contributed by atoms with Crippen molar-refractivity contribution in [1.82, 2.24) is 15.3 Å². The average Bonchev–Trinajstić information content (AvgIpc) is 2.78. The second kappa shape index (κ2) is 10.6. The van der Waals surface area contributed by atoms with Crippen LogP contribution in [0.3, 0.4) is 0 Å². The number of hydrogen-bond acceptors (Lipinski definition) is 8. The third kappa shape index (κ3) is 6.45. The maximum Gasteiger partial charge on any atom is 0.406 e. The van der Waals surface area contributed by atoms with E-state index in [1.54, 1.807) is 56.3 Å². The first-order chi connectivity index (χ1) is 15.3. The number of hydrogen-bond donors (Lipinski definition) is 1. The Morgan fingerprint density at radius 3 is 2.50 bits per heavy atom. The number of aromatic nitrogens is 2. The van der Waals surface area contributed by atoms with E-state index in [9.17, 15) is 9.59 Å². The van der Waals surface area contributed by atoms with Crippen LogP contribution in [-0.4, -0.2) is 47.9 Å². The monoisotopic (exact) mass is 459 g/mol. The molecule has 0 saturated carbocycles. The number of methoxy groups -OCH3 is 1. The van der Waals surface area contributed by atoms with Crippen molar-refractivity contribution in [3.05, 3.63) is 53.7 Å². The molecule has 32 heavy (non-hydrogen) atoms. The minimum atomic E-state index is -0.847. The summed E-state index contributed by atoms with van der Waals surface area (Å²) >= 11 is 5.95. The molecule has 0 spiro atoms. The molecule has 3 aromatic rings. The molecule has 2 aromatic carbocycles. The normalized spacial score (nSPS) is 12.5. The quantitative estimate of drug-likeness (QED) is 0.501. The van der Waals surface area contributed by atoms with Crippen LogP contribution >= 0.6 is 11.6 Å². The topological polar surface area (TPSA) is 109 Å². The highest BCUT2D eigenvalue weighted by molar-refractivity contribution is 6.31. The Balaban J connectivity index is 1.53. The number of halogens is 1. The zero-order chi connectivity index (χ0) is 23.1. The Bertz CT molecular complexity index is 1090. The van der Waals surface area contributed by atoms with Crippen LogP contribution in [0.15, 0.2) is 48.7 Å². The maximum atomic E-state index is 12.2. The third-order valence-corrected chi connectivity index (χ3v) is 4.44. The van der Waals surface area contributed by atoms with Gasteiger partial charge in [0.1, 0.15) is 17.6 Å². The van der Waals surface area contributed by atoms with Crippen molar-refractivity contribution < 1.29 is 28.5 Å². The van der Waals surface area contributed by atoms with Gasteiger partial charge in [0.05, 0.1) is 30.9 Å². The molecule has 0 radical (unpaired) electrons. The summed E-state index contributed by atoms with van der Waals surface area (Å²) in [7, 11) is 1.25. The van der Waals surface area contributed by atoms with E-state index in [0.29, 0.717) is 33.4 Å². The fourth-order valence-electron chi connectivity index (χ4n) is 2.61. The smallest absolute Gasteiger partial charge is 0.406 e. The minimum Gasteiger partial charge on any atom is -0.479 e. The van der Waals surface area contributed by atoms with Crippen molar-refractivity contribution in [3.8, 4) is 17.4 Å². The minimum absolute atomic E-state index is 0.127. The Morgan fingerprint density at radius 2 is 1.78 bits per heavy atom. The van der Waals surface area contributed by atoms with E-state index in [4.69, 9.17) is 25.8 Å². The largest absolute Gasteiger partial charge is 0.479 e. The van der Waals surface area contributed by atoms with Crippen molar-refractivity contribution in [2.24, 2.45) is 0 Å². The van der Waals surface area contributed by atoms with Crippen molar-refractivity contribution >= 4 is 34.7 Å². The maximum absolute atomic E-state index is 12.2. The molecule has 0 aliphatic carbocycles. The van der Waals surface area contributed by atoms with Gasteiger partial charge in [-0.25, -0.2) is 19.6 Å². The lowest BCUT2D eigenvalue weighted by molar-refractivity contribution is -0.155. The van der Waals surface area contributed by atoms with E-state index in [1.807, 2.05) is 0 Å². The van der Waals surface area contributed by atoms with Crippen molar-refractivity contribution in [2.75, 3.05) is 13.7 Å². The number of esters is 1. The highest BCUT2D eigenvalue weighted by Crippen LogP contribution is 2.25. The first kappa shape index (κ1) is 23.1. The molecule has 168 valence electrons. The molecule has 2 atom stereocenters. The lowest BCUT2D eigenvalue weighted by Crippen LogP contribution is -2.36. The van der Waals surface area contributed by atoms with E-state index in [-0.39, 0.29) is 6.54 Å². The number of carbonyl (C=O) groups excluding carboxylic acids is 2. The van der Waals surface area contributed by atoms with Gasteiger partial charge in [0, 0.05) is 5.02 Å². The molecule has 2 unspecified atom stereocenters. The van der Waals surface area contributed by atoms with Crippen LogP contribution in [0.4, 0.5) is 4.79 Å². The van der Waals surface area contributed by atoms with Crippen LogP contribution in [0.5, 0.6) is 17.4 Å². The lowest BCUT2D eigenvalue weighted by atomic mass is 10.3. The molecule has 1 heterocycles. The van der Waals surface area contributed by atoms with Crippen LogP contribution < -0.4 is 14.8 Å². The number of ether oxygens (including phenoxy) is 4. The predicted octanol–water partition coefficient (Wildman–Crippen LogP) is 4.13. The molecule has 9 nitrogen and oxygen atoms in total. The van der Waals surface area contributed by atoms with E-state index in [1.165, 1.54) is 13.3 Å². The van der Waals surface area contributed by atoms with Crippen LogP contribution in [0, 0.1) is 0 Å². The summed E-state index contributed by atoms with van der Waals surface area (Å²) in [6, 6.07) is 11.9. The average molecular weight is 460 g/mol. The van der Waals surface area contributed by atoms with Crippen LogP contribution in [0.25, 0.3) is 11.0 Å². The van der Waals surface area contributed by atoms with Gasteiger partial charge in [-0.05, 0) is 56.3 Å². The van der Waals surface area contributed by atoms with Gasteiger partial charge in [-0.15, -0.1) is 0 Å². The molecule has 0 aliphatic heterocycles. The van der Waals surface area contributed by atoms with E-state index in [0.717, 1.165) is 0 Å². The van der Waals surface area contributed by atoms with Gasteiger partial charge in [-0.2, -0.15) is 0 Å². The summed E-state index contributed by atoms with van der Waals surface area (Å²) < 4.78 is 21.1. The summed E-state index contributed by atoms with van der Waals surface area (Å²) in [5, 5.41) is 3.04. The highest BCUT2D eigenvalue weighted by atomic mass is 35.5. The number of carbonyl (C=O) groups is 2. The Hall–Kier alpha value is -3.59. The number of nitrogens with one attached hydrogen (secondary N) is 1. The Labute approximate surface area is 189 Å². The number of fused-ring (bicyclic) bond motifs is 1. The summed E-state index contributed by atoms with van der Waals surface area (Å²) in [6.07, 6.45) is -0.473. The molecule has 3 rings (SSSR count). The van der Waals surface area contributed by atoms with Gasteiger partial charge in [0.2, 0.25) is 5.88 Å². The highest BCUT2D eigenvalue weighted by Gasteiger charge is 2.19. The zero-order valence-corrected chi connectivity index (χ0v) is 18.5. The SMILES string of the molecule is COC(=O)NCC(C)OC(=O)C(C)Oc1ccc(Oc2cnc3cc(Cl)ccc3n2)cc1. The number of alkyl carbamates (subject to hydrolysis) is 1. The van der Waals surface area contributed by atoms with Crippen LogP contribution in [0.2, 0.25) is 5.02 Å². The summed E-state index contributed by atoms with van der Waals surface area (Å²) in [6.45, 7) is 3.35. The molecule has 0 saturated heterocycles. The first-order valence-corrected chi connectivity index (χ1v) is 10.1. The van der Waals surface area contributed by atoms with Gasteiger partial charge in [-0.3, -0.25) is 0 Å². The summed E-state index contributed by atoms with van der Waals surface area (Å²) in [4.78, 5) is 31.9. The van der Waals surface area contributed by atoms with Crippen LogP contribution in [0.1, 0.15) is 13.8 Å². The van der Waals surface area contributed by atoms with E-state index in [2.05, 4.69) is 20.0 Å². The van der Waals surface area contributed by atoms with Crippen molar-refractivity contribution in [3.63, 3.8) is 0 Å². The van der Waals surface area contributed by atoms with Gasteiger partial charge < -0.3 is 24.3 Å². The molecule has 0 bridgehead atoms. The lowest BCUT2D eigenvalue weighted by Gasteiger charge is -2.18. The van der Waals surface area contributed by atoms with Crippen molar-refractivity contribution in [2.45, 2.75) is 26.1 Å². The predicted molar refractivity (Wildman–Crippen MR) is 117 cm³/mol. The molecule has 1 aromatic heterocycles. The molecular formula is C22H22ClN3O6. The van der Waals surface area contributed by atoms with Crippen LogP contribution in [-0.2, 0) is 14.3 Å². The molecule has 1 amide bonds. The van der Waals surface area contributed by atoms with E-state index >= 15 is 0 Å². The Kier molecular flexibility index (Phi) is 7.67. The zero-order valence-electron chi connectivity index (χ0n) is 17.7. The number of benzene rings is 2.